The van der Waals surface area contributed by atoms with Gasteiger partial charge in [0.15, 0.2) is 6.29 Å². The molecule has 1 heterocycles. The minimum Gasteiger partial charge on any atom is -0.298 e. The minimum absolute atomic E-state index is 0.247. The molecule has 0 N–H and O–H groups in total. The summed E-state index contributed by atoms with van der Waals surface area (Å²) in [7, 11) is 0. The normalized spacial score (nSPS) is 10.9. The van der Waals surface area contributed by atoms with Crippen LogP contribution in [0.3, 0.4) is 0 Å². The third kappa shape index (κ3) is 2.21. The molecule has 0 atom stereocenters. The second kappa shape index (κ2) is 4.77. The van der Waals surface area contributed by atoms with Gasteiger partial charge in [-0.3, -0.25) is 4.79 Å². The van der Waals surface area contributed by atoms with Crippen LogP contribution in [0.2, 0.25) is 0 Å². The van der Waals surface area contributed by atoms with Gasteiger partial charge in [0.05, 0.1) is 16.9 Å². The molecule has 2 rings (SSSR count). The lowest BCUT2D eigenvalue weighted by atomic mass is 10.1. The van der Waals surface area contributed by atoms with E-state index in [-0.39, 0.29) is 5.92 Å². The van der Waals surface area contributed by atoms with Gasteiger partial charge in [-0.2, -0.15) is 5.10 Å². The maximum Gasteiger partial charge on any atom is 0.153 e. The summed E-state index contributed by atoms with van der Waals surface area (Å²) in [4.78, 5) is 11.1. The van der Waals surface area contributed by atoms with E-state index in [0.717, 1.165) is 23.2 Å². The zero-order chi connectivity index (χ0) is 13.3. The summed E-state index contributed by atoms with van der Waals surface area (Å²) in [6.45, 7) is 8.19. The highest BCUT2D eigenvalue weighted by atomic mass is 16.1. The van der Waals surface area contributed by atoms with Crippen LogP contribution in [0, 0.1) is 13.8 Å². The number of rotatable bonds is 3. The number of carbonyl (C=O) groups is 1. The smallest absolute Gasteiger partial charge is 0.153 e. The van der Waals surface area contributed by atoms with Crippen molar-refractivity contribution in [3.05, 3.63) is 46.8 Å². The number of aromatic nitrogens is 2. The molecule has 0 aliphatic heterocycles. The second-order valence-corrected chi connectivity index (χ2v) is 4.98. The molecule has 18 heavy (non-hydrogen) atoms. The van der Waals surface area contributed by atoms with Gasteiger partial charge in [-0.25, -0.2) is 4.68 Å². The van der Waals surface area contributed by atoms with E-state index in [9.17, 15) is 4.79 Å². The highest BCUT2D eigenvalue weighted by Crippen LogP contribution is 2.21. The summed E-state index contributed by atoms with van der Waals surface area (Å²) in [6.07, 6.45) is 2.69. The highest BCUT2D eigenvalue weighted by molar-refractivity contribution is 5.76. The fraction of sp³-hybridized carbons (Fsp3) is 0.333. The summed E-state index contributed by atoms with van der Waals surface area (Å²) in [5.74, 6) is 0.247. The first kappa shape index (κ1) is 12.6. The van der Waals surface area contributed by atoms with Gasteiger partial charge in [0.25, 0.3) is 0 Å². The summed E-state index contributed by atoms with van der Waals surface area (Å²) < 4.78 is 1.81. The maximum atomic E-state index is 11.1. The first-order valence-electron chi connectivity index (χ1n) is 6.15. The SMILES string of the molecule is Cc1ccc(C)c(-n2cc(C=O)c(C(C)C)n2)c1. The molecule has 2 aromatic rings. The third-order valence-corrected chi connectivity index (χ3v) is 3.06. The Hall–Kier alpha value is -1.90. The molecule has 3 nitrogen and oxygen atoms in total. The van der Waals surface area contributed by atoms with Crippen molar-refractivity contribution >= 4 is 6.29 Å². The Labute approximate surface area is 107 Å². The Kier molecular flexibility index (Phi) is 3.32. The van der Waals surface area contributed by atoms with Gasteiger partial charge in [0.1, 0.15) is 0 Å². The van der Waals surface area contributed by atoms with E-state index in [1.807, 2.05) is 27.0 Å². The van der Waals surface area contributed by atoms with Crippen LogP contribution < -0.4 is 0 Å². The van der Waals surface area contributed by atoms with Crippen molar-refractivity contribution in [1.29, 1.82) is 0 Å². The number of aldehydes is 1. The van der Waals surface area contributed by atoms with Crippen LogP contribution >= 0.6 is 0 Å². The minimum atomic E-state index is 0.247. The quantitative estimate of drug-likeness (QED) is 0.773. The van der Waals surface area contributed by atoms with Gasteiger partial charge in [-0.05, 0) is 37.0 Å². The average molecular weight is 242 g/mol. The molecule has 1 aromatic heterocycles. The molecule has 94 valence electrons. The van der Waals surface area contributed by atoms with E-state index < -0.39 is 0 Å². The van der Waals surface area contributed by atoms with Crippen LogP contribution in [0.25, 0.3) is 5.69 Å². The van der Waals surface area contributed by atoms with E-state index in [0.29, 0.717) is 5.56 Å². The predicted octanol–water partition coefficient (Wildman–Crippen LogP) is 3.43. The average Bonchev–Trinajstić information content (AvgIpc) is 2.76. The van der Waals surface area contributed by atoms with Crippen molar-refractivity contribution in [3.8, 4) is 5.69 Å². The Balaban J connectivity index is 2.57. The largest absolute Gasteiger partial charge is 0.298 e. The molecular formula is C15H18N2O. The van der Waals surface area contributed by atoms with Crippen molar-refractivity contribution in [2.45, 2.75) is 33.6 Å². The van der Waals surface area contributed by atoms with E-state index in [4.69, 9.17) is 0 Å². The Morgan fingerprint density at radius 1 is 1.28 bits per heavy atom. The standard InChI is InChI=1S/C15H18N2O/c1-10(2)15-13(9-18)8-17(16-15)14-7-11(3)5-6-12(14)4/h5-10H,1-4H3. The molecule has 0 fully saturated rings. The van der Waals surface area contributed by atoms with E-state index in [2.05, 4.69) is 30.2 Å². The van der Waals surface area contributed by atoms with Gasteiger partial charge in [0, 0.05) is 6.20 Å². The van der Waals surface area contributed by atoms with Crippen LogP contribution in [0.4, 0.5) is 0 Å². The molecule has 0 saturated carbocycles. The molecule has 0 bridgehead atoms. The van der Waals surface area contributed by atoms with Gasteiger partial charge in [0.2, 0.25) is 0 Å². The lowest BCUT2D eigenvalue weighted by Gasteiger charge is -2.07. The monoisotopic (exact) mass is 242 g/mol. The number of carbonyl (C=O) groups excluding carboxylic acids is 1. The second-order valence-electron chi connectivity index (χ2n) is 4.98. The molecular weight excluding hydrogens is 224 g/mol. The summed E-state index contributed by atoms with van der Waals surface area (Å²) in [5, 5.41) is 4.54. The number of aryl methyl sites for hydroxylation is 2. The highest BCUT2D eigenvalue weighted by Gasteiger charge is 2.13. The molecule has 1 aromatic carbocycles. The van der Waals surface area contributed by atoms with E-state index in [1.165, 1.54) is 5.56 Å². The van der Waals surface area contributed by atoms with Crippen molar-refractivity contribution < 1.29 is 4.79 Å². The van der Waals surface area contributed by atoms with Crippen LogP contribution in [0.5, 0.6) is 0 Å². The van der Waals surface area contributed by atoms with Crippen molar-refractivity contribution in [2.75, 3.05) is 0 Å². The lowest BCUT2D eigenvalue weighted by molar-refractivity contribution is 0.112. The molecule has 0 spiro atoms. The molecule has 0 amide bonds. The van der Waals surface area contributed by atoms with Crippen molar-refractivity contribution in [1.82, 2.24) is 9.78 Å². The first-order valence-corrected chi connectivity index (χ1v) is 6.15. The summed E-state index contributed by atoms with van der Waals surface area (Å²) >= 11 is 0. The van der Waals surface area contributed by atoms with Gasteiger partial charge in [-0.1, -0.05) is 26.0 Å². The summed E-state index contributed by atoms with van der Waals surface area (Å²) in [6, 6.07) is 6.23. The zero-order valence-corrected chi connectivity index (χ0v) is 11.3. The van der Waals surface area contributed by atoms with Gasteiger partial charge in [-0.15, -0.1) is 0 Å². The first-order chi connectivity index (χ1) is 8.52. The zero-order valence-electron chi connectivity index (χ0n) is 11.3. The predicted molar refractivity (Wildman–Crippen MR) is 72.5 cm³/mol. The molecule has 3 heteroatoms. The molecule has 0 saturated heterocycles. The molecule has 0 aliphatic rings. The lowest BCUT2D eigenvalue weighted by Crippen LogP contribution is -2.00. The third-order valence-electron chi connectivity index (χ3n) is 3.06. The molecule has 0 aliphatic carbocycles. The van der Waals surface area contributed by atoms with Crippen LogP contribution in [0.1, 0.15) is 46.9 Å². The number of hydrogen-bond donors (Lipinski definition) is 0. The maximum absolute atomic E-state index is 11.1. The van der Waals surface area contributed by atoms with E-state index >= 15 is 0 Å². The van der Waals surface area contributed by atoms with Crippen LogP contribution in [-0.4, -0.2) is 16.1 Å². The number of nitrogens with zero attached hydrogens (tertiary/aromatic N) is 2. The van der Waals surface area contributed by atoms with Crippen molar-refractivity contribution in [3.63, 3.8) is 0 Å². The summed E-state index contributed by atoms with van der Waals surface area (Å²) in [5.41, 5.74) is 4.89. The number of hydrogen-bond acceptors (Lipinski definition) is 2. The topological polar surface area (TPSA) is 34.9 Å². The van der Waals surface area contributed by atoms with Crippen LogP contribution in [-0.2, 0) is 0 Å². The fourth-order valence-electron chi connectivity index (χ4n) is 2.03. The Bertz CT molecular complexity index is 582. The van der Waals surface area contributed by atoms with E-state index in [1.54, 1.807) is 4.68 Å². The van der Waals surface area contributed by atoms with Gasteiger partial charge >= 0.3 is 0 Å². The van der Waals surface area contributed by atoms with Gasteiger partial charge < -0.3 is 0 Å². The molecule has 0 unspecified atom stereocenters. The Morgan fingerprint density at radius 3 is 2.56 bits per heavy atom. The molecule has 0 radical (unpaired) electrons. The van der Waals surface area contributed by atoms with Crippen molar-refractivity contribution in [2.24, 2.45) is 0 Å². The number of benzene rings is 1. The Morgan fingerprint density at radius 2 is 2.00 bits per heavy atom. The fourth-order valence-corrected chi connectivity index (χ4v) is 2.03. The van der Waals surface area contributed by atoms with Crippen LogP contribution in [0.15, 0.2) is 24.4 Å².